The molecular formula is C13H18N2O. The summed E-state index contributed by atoms with van der Waals surface area (Å²) in [6.45, 7) is 6.81. The molecule has 0 fully saturated rings. The van der Waals surface area contributed by atoms with Crippen LogP contribution in [0.5, 0.6) is 5.75 Å². The minimum absolute atomic E-state index is 0.639. The number of rotatable bonds is 2. The molecule has 1 aromatic heterocycles. The molecule has 2 aromatic rings. The highest BCUT2D eigenvalue weighted by Crippen LogP contribution is 2.35. The van der Waals surface area contributed by atoms with Gasteiger partial charge in [-0.3, -0.25) is 0 Å². The maximum atomic E-state index is 6.15. The molecule has 0 bridgehead atoms. The van der Waals surface area contributed by atoms with Crippen LogP contribution in [0.3, 0.4) is 0 Å². The van der Waals surface area contributed by atoms with E-state index in [0.29, 0.717) is 6.61 Å². The van der Waals surface area contributed by atoms with E-state index in [-0.39, 0.29) is 0 Å². The predicted molar refractivity (Wildman–Crippen MR) is 68.0 cm³/mol. The van der Waals surface area contributed by atoms with Crippen molar-refractivity contribution in [3.63, 3.8) is 0 Å². The van der Waals surface area contributed by atoms with E-state index in [1.807, 2.05) is 13.0 Å². The number of aromatic nitrogens is 1. The Morgan fingerprint density at radius 3 is 2.62 bits per heavy atom. The minimum Gasteiger partial charge on any atom is -0.492 e. The lowest BCUT2D eigenvalue weighted by Gasteiger charge is -2.08. The van der Waals surface area contributed by atoms with Gasteiger partial charge in [0.25, 0.3) is 0 Å². The van der Waals surface area contributed by atoms with Gasteiger partial charge in [-0.1, -0.05) is 0 Å². The first-order valence-corrected chi connectivity index (χ1v) is 5.54. The van der Waals surface area contributed by atoms with Crippen molar-refractivity contribution >= 4 is 16.6 Å². The van der Waals surface area contributed by atoms with Gasteiger partial charge >= 0.3 is 0 Å². The van der Waals surface area contributed by atoms with Crippen molar-refractivity contribution in [1.29, 1.82) is 0 Å². The maximum Gasteiger partial charge on any atom is 0.142 e. The topological polar surface area (TPSA) is 40.2 Å². The number of fused-ring (bicyclic) bond motifs is 1. The summed E-state index contributed by atoms with van der Waals surface area (Å²) < 4.78 is 7.68. The summed E-state index contributed by atoms with van der Waals surface area (Å²) in [6.07, 6.45) is 0. The van der Waals surface area contributed by atoms with E-state index in [1.165, 1.54) is 11.3 Å². The van der Waals surface area contributed by atoms with E-state index in [2.05, 4.69) is 31.5 Å². The first-order chi connectivity index (χ1) is 7.57. The summed E-state index contributed by atoms with van der Waals surface area (Å²) in [4.78, 5) is 0. The SMILES string of the molecule is CCOc1ccc2c(c(C)c(C)n2C)c1N. The molecule has 3 heteroatoms. The Hall–Kier alpha value is -1.64. The normalized spacial score (nSPS) is 11.0. The molecular weight excluding hydrogens is 200 g/mol. The van der Waals surface area contributed by atoms with Gasteiger partial charge < -0.3 is 15.0 Å². The second-order valence-corrected chi connectivity index (χ2v) is 4.07. The molecule has 0 saturated heterocycles. The van der Waals surface area contributed by atoms with Gasteiger partial charge in [0.2, 0.25) is 0 Å². The van der Waals surface area contributed by atoms with Crippen LogP contribution in [0.2, 0.25) is 0 Å². The van der Waals surface area contributed by atoms with E-state index >= 15 is 0 Å². The van der Waals surface area contributed by atoms with E-state index in [9.17, 15) is 0 Å². The molecule has 2 N–H and O–H groups in total. The quantitative estimate of drug-likeness (QED) is 0.787. The molecule has 0 aliphatic heterocycles. The van der Waals surface area contributed by atoms with Crippen LogP contribution >= 0.6 is 0 Å². The molecule has 16 heavy (non-hydrogen) atoms. The lowest BCUT2D eigenvalue weighted by Crippen LogP contribution is -1.97. The van der Waals surface area contributed by atoms with Crippen LogP contribution in [0.25, 0.3) is 10.9 Å². The van der Waals surface area contributed by atoms with Crippen LogP contribution < -0.4 is 10.5 Å². The second kappa shape index (κ2) is 3.74. The van der Waals surface area contributed by atoms with Gasteiger partial charge in [-0.05, 0) is 38.5 Å². The van der Waals surface area contributed by atoms with Crippen molar-refractivity contribution in [2.24, 2.45) is 7.05 Å². The van der Waals surface area contributed by atoms with Gasteiger partial charge in [0.1, 0.15) is 5.75 Å². The fraction of sp³-hybridized carbons (Fsp3) is 0.385. The monoisotopic (exact) mass is 218 g/mol. The molecule has 3 nitrogen and oxygen atoms in total. The Kier molecular flexibility index (Phi) is 2.54. The van der Waals surface area contributed by atoms with Crippen LogP contribution in [0.15, 0.2) is 12.1 Å². The molecule has 2 rings (SSSR count). The molecule has 86 valence electrons. The molecule has 0 saturated carbocycles. The zero-order valence-corrected chi connectivity index (χ0v) is 10.3. The largest absolute Gasteiger partial charge is 0.492 e. The molecule has 0 aliphatic carbocycles. The number of benzene rings is 1. The van der Waals surface area contributed by atoms with Gasteiger partial charge in [0.15, 0.2) is 0 Å². The Morgan fingerprint density at radius 2 is 2.00 bits per heavy atom. The number of aryl methyl sites for hydroxylation is 2. The molecule has 0 aliphatic rings. The third kappa shape index (κ3) is 1.35. The smallest absolute Gasteiger partial charge is 0.142 e. The van der Waals surface area contributed by atoms with E-state index in [0.717, 1.165) is 22.3 Å². The lowest BCUT2D eigenvalue weighted by molar-refractivity contribution is 0.342. The maximum absolute atomic E-state index is 6.15. The number of anilines is 1. The third-order valence-corrected chi connectivity index (χ3v) is 3.27. The molecule has 0 unspecified atom stereocenters. The van der Waals surface area contributed by atoms with Crippen molar-refractivity contribution < 1.29 is 4.74 Å². The summed E-state index contributed by atoms with van der Waals surface area (Å²) in [6, 6.07) is 4.01. The molecule has 0 atom stereocenters. The van der Waals surface area contributed by atoms with E-state index in [1.54, 1.807) is 0 Å². The van der Waals surface area contributed by atoms with Crippen molar-refractivity contribution in [3.8, 4) is 5.75 Å². The summed E-state index contributed by atoms with van der Waals surface area (Å²) >= 11 is 0. The summed E-state index contributed by atoms with van der Waals surface area (Å²) in [5.41, 5.74) is 10.5. The highest BCUT2D eigenvalue weighted by Gasteiger charge is 2.13. The fourth-order valence-electron chi connectivity index (χ4n) is 2.16. The van der Waals surface area contributed by atoms with Crippen molar-refractivity contribution in [3.05, 3.63) is 23.4 Å². The van der Waals surface area contributed by atoms with Crippen LogP contribution in [0.1, 0.15) is 18.2 Å². The Labute approximate surface area is 95.8 Å². The molecule has 1 aromatic carbocycles. The van der Waals surface area contributed by atoms with Crippen molar-refractivity contribution in [1.82, 2.24) is 4.57 Å². The highest BCUT2D eigenvalue weighted by molar-refractivity contribution is 5.98. The first-order valence-electron chi connectivity index (χ1n) is 5.54. The highest BCUT2D eigenvalue weighted by atomic mass is 16.5. The van der Waals surface area contributed by atoms with E-state index in [4.69, 9.17) is 10.5 Å². The van der Waals surface area contributed by atoms with Gasteiger partial charge in [0.05, 0.1) is 17.8 Å². The Balaban J connectivity index is 2.79. The average Bonchev–Trinajstić information content (AvgIpc) is 2.48. The number of nitrogens with two attached hydrogens (primary N) is 1. The zero-order chi connectivity index (χ0) is 11.9. The van der Waals surface area contributed by atoms with Gasteiger partial charge in [-0.15, -0.1) is 0 Å². The Morgan fingerprint density at radius 1 is 1.31 bits per heavy atom. The second-order valence-electron chi connectivity index (χ2n) is 4.07. The number of nitrogens with zero attached hydrogens (tertiary/aromatic N) is 1. The number of ether oxygens (including phenoxy) is 1. The number of hydrogen-bond acceptors (Lipinski definition) is 2. The summed E-state index contributed by atoms with van der Waals surface area (Å²) in [5.74, 6) is 0.781. The Bertz CT molecular complexity index is 541. The third-order valence-electron chi connectivity index (χ3n) is 3.27. The molecule has 1 heterocycles. The standard InChI is InChI=1S/C13H18N2O/c1-5-16-11-7-6-10-12(13(11)14)8(2)9(3)15(10)4/h6-7H,5,14H2,1-4H3. The average molecular weight is 218 g/mol. The first kappa shape index (κ1) is 10.9. The molecule has 0 radical (unpaired) electrons. The van der Waals surface area contributed by atoms with Crippen LogP contribution in [-0.4, -0.2) is 11.2 Å². The van der Waals surface area contributed by atoms with Gasteiger partial charge in [0, 0.05) is 18.1 Å². The van der Waals surface area contributed by atoms with Crippen molar-refractivity contribution in [2.75, 3.05) is 12.3 Å². The summed E-state index contributed by atoms with van der Waals surface area (Å²) in [7, 11) is 2.06. The lowest BCUT2D eigenvalue weighted by atomic mass is 10.1. The zero-order valence-electron chi connectivity index (χ0n) is 10.3. The minimum atomic E-state index is 0.639. The van der Waals surface area contributed by atoms with Crippen LogP contribution in [0, 0.1) is 13.8 Å². The van der Waals surface area contributed by atoms with E-state index < -0.39 is 0 Å². The number of hydrogen-bond donors (Lipinski definition) is 1. The predicted octanol–water partition coefficient (Wildman–Crippen LogP) is 2.78. The fourth-order valence-corrected chi connectivity index (χ4v) is 2.16. The van der Waals surface area contributed by atoms with Crippen molar-refractivity contribution in [2.45, 2.75) is 20.8 Å². The molecule has 0 amide bonds. The molecule has 0 spiro atoms. The van der Waals surface area contributed by atoms with Crippen LogP contribution in [-0.2, 0) is 7.05 Å². The van der Waals surface area contributed by atoms with Crippen LogP contribution in [0.4, 0.5) is 5.69 Å². The van der Waals surface area contributed by atoms with Gasteiger partial charge in [-0.2, -0.15) is 0 Å². The summed E-state index contributed by atoms with van der Waals surface area (Å²) in [5, 5.41) is 1.12. The number of nitrogen functional groups attached to an aromatic ring is 1. The van der Waals surface area contributed by atoms with Gasteiger partial charge in [-0.25, -0.2) is 0 Å².